The van der Waals surface area contributed by atoms with Crippen LogP contribution in [0.3, 0.4) is 0 Å². The summed E-state index contributed by atoms with van der Waals surface area (Å²) in [6.45, 7) is 10.0. The summed E-state index contributed by atoms with van der Waals surface area (Å²) < 4.78 is 10.3. The molecule has 110 valence electrons. The van der Waals surface area contributed by atoms with Crippen LogP contribution in [-0.4, -0.2) is 25.3 Å². The summed E-state index contributed by atoms with van der Waals surface area (Å²) in [6.07, 6.45) is 0.269. The van der Waals surface area contributed by atoms with Crippen molar-refractivity contribution >= 4 is 11.7 Å². The lowest BCUT2D eigenvalue weighted by Gasteiger charge is -2.19. The summed E-state index contributed by atoms with van der Waals surface area (Å²) in [5.41, 5.74) is 1.53. The number of alkyl carbamates (subject to hydrolysis) is 1. The summed E-state index contributed by atoms with van der Waals surface area (Å²) in [4.78, 5) is 11.5. The Kier molecular flexibility index (Phi) is 5.62. The van der Waals surface area contributed by atoms with Gasteiger partial charge < -0.3 is 14.8 Å². The Labute approximate surface area is 120 Å². The average molecular weight is 277 g/mol. The van der Waals surface area contributed by atoms with Crippen LogP contribution in [0, 0.1) is 0 Å². The maximum Gasteiger partial charge on any atom is 0.407 e. The van der Waals surface area contributed by atoms with Crippen molar-refractivity contribution in [1.82, 2.24) is 5.32 Å². The van der Waals surface area contributed by atoms with E-state index in [-0.39, 0.29) is 0 Å². The molecule has 0 spiro atoms. The van der Waals surface area contributed by atoms with Crippen LogP contribution < -0.4 is 10.1 Å². The van der Waals surface area contributed by atoms with E-state index in [4.69, 9.17) is 9.47 Å². The van der Waals surface area contributed by atoms with Gasteiger partial charge in [0.2, 0.25) is 0 Å². The molecule has 20 heavy (non-hydrogen) atoms. The third-order valence-corrected chi connectivity index (χ3v) is 2.59. The van der Waals surface area contributed by atoms with Gasteiger partial charge in [-0.2, -0.15) is 0 Å². The first-order chi connectivity index (χ1) is 9.31. The second-order valence-electron chi connectivity index (χ2n) is 5.51. The third-order valence-electron chi connectivity index (χ3n) is 2.59. The molecule has 0 unspecified atom stereocenters. The van der Waals surface area contributed by atoms with E-state index in [1.807, 2.05) is 45.0 Å². The first-order valence-corrected chi connectivity index (χ1v) is 6.61. The van der Waals surface area contributed by atoms with Crippen molar-refractivity contribution in [3.8, 4) is 5.75 Å². The van der Waals surface area contributed by atoms with E-state index >= 15 is 0 Å². The number of rotatable bonds is 5. The molecule has 1 amide bonds. The van der Waals surface area contributed by atoms with Crippen LogP contribution in [0.2, 0.25) is 0 Å². The maximum atomic E-state index is 11.5. The van der Waals surface area contributed by atoms with Crippen LogP contribution >= 0.6 is 0 Å². The highest BCUT2D eigenvalue weighted by atomic mass is 16.6. The van der Waals surface area contributed by atoms with Gasteiger partial charge in [0.15, 0.2) is 0 Å². The molecule has 0 atom stereocenters. The molecule has 1 N–H and O–H groups in total. The van der Waals surface area contributed by atoms with E-state index in [0.717, 1.165) is 16.9 Å². The van der Waals surface area contributed by atoms with Gasteiger partial charge in [0.1, 0.15) is 11.4 Å². The number of hydrogen-bond donors (Lipinski definition) is 1. The summed E-state index contributed by atoms with van der Waals surface area (Å²) in [5, 5.41) is 2.72. The number of carbonyl (C=O) groups excluding carboxylic acids is 1. The van der Waals surface area contributed by atoms with Crippen LogP contribution in [0.5, 0.6) is 5.75 Å². The molecule has 0 aliphatic heterocycles. The number of carbonyl (C=O) groups is 1. The van der Waals surface area contributed by atoms with Crippen molar-refractivity contribution in [2.24, 2.45) is 0 Å². The zero-order chi connectivity index (χ0) is 15.2. The zero-order valence-electron chi connectivity index (χ0n) is 12.7. The van der Waals surface area contributed by atoms with Gasteiger partial charge in [-0.15, -0.1) is 0 Å². The minimum Gasteiger partial charge on any atom is -0.497 e. The Morgan fingerprint density at radius 3 is 2.35 bits per heavy atom. The van der Waals surface area contributed by atoms with Crippen LogP contribution in [0.25, 0.3) is 5.57 Å². The summed E-state index contributed by atoms with van der Waals surface area (Å²) in [6, 6.07) is 7.69. The number of hydrogen-bond acceptors (Lipinski definition) is 3. The molecule has 0 fully saturated rings. The number of methoxy groups -OCH3 is 1. The van der Waals surface area contributed by atoms with E-state index < -0.39 is 11.7 Å². The lowest BCUT2D eigenvalue weighted by atomic mass is 10.0. The largest absolute Gasteiger partial charge is 0.497 e. The molecule has 0 aliphatic carbocycles. The van der Waals surface area contributed by atoms with Gasteiger partial charge >= 0.3 is 6.09 Å². The molecule has 0 saturated carbocycles. The fourth-order valence-electron chi connectivity index (χ4n) is 1.60. The van der Waals surface area contributed by atoms with Gasteiger partial charge in [-0.05, 0) is 50.5 Å². The number of benzene rings is 1. The first kappa shape index (κ1) is 16.1. The highest BCUT2D eigenvalue weighted by molar-refractivity contribution is 5.69. The highest BCUT2D eigenvalue weighted by Gasteiger charge is 2.15. The minimum absolute atomic E-state index is 0.403. The third kappa shape index (κ3) is 5.78. The molecule has 0 radical (unpaired) electrons. The van der Waals surface area contributed by atoms with Crippen molar-refractivity contribution in [2.75, 3.05) is 13.7 Å². The fourth-order valence-corrected chi connectivity index (χ4v) is 1.60. The Morgan fingerprint density at radius 1 is 1.25 bits per heavy atom. The predicted molar refractivity (Wildman–Crippen MR) is 80.9 cm³/mol. The van der Waals surface area contributed by atoms with Crippen LogP contribution in [0.4, 0.5) is 4.79 Å². The molecule has 1 aromatic carbocycles. The van der Waals surface area contributed by atoms with Crippen molar-refractivity contribution in [2.45, 2.75) is 32.8 Å². The number of amides is 1. The second kappa shape index (κ2) is 6.98. The average Bonchev–Trinajstić information content (AvgIpc) is 2.36. The van der Waals surface area contributed by atoms with E-state index in [0.29, 0.717) is 13.0 Å². The molecule has 0 saturated heterocycles. The van der Waals surface area contributed by atoms with Gasteiger partial charge in [-0.1, -0.05) is 18.7 Å². The molecule has 0 bridgehead atoms. The number of ether oxygens (including phenoxy) is 2. The Balaban J connectivity index is 2.38. The monoisotopic (exact) mass is 277 g/mol. The van der Waals surface area contributed by atoms with Gasteiger partial charge in [-0.25, -0.2) is 4.79 Å². The van der Waals surface area contributed by atoms with Crippen LogP contribution in [0.1, 0.15) is 32.8 Å². The maximum absolute atomic E-state index is 11.5. The quantitative estimate of drug-likeness (QED) is 0.894. The van der Waals surface area contributed by atoms with E-state index in [1.165, 1.54) is 0 Å². The molecular formula is C16H23NO3. The van der Waals surface area contributed by atoms with Crippen LogP contribution in [0.15, 0.2) is 30.8 Å². The van der Waals surface area contributed by atoms with E-state index in [2.05, 4.69) is 11.9 Å². The SMILES string of the molecule is C=C(CCNC(=O)OC(C)(C)C)c1ccc(OC)cc1. The second-order valence-corrected chi connectivity index (χ2v) is 5.51. The summed E-state index contributed by atoms with van der Waals surface area (Å²) in [5.74, 6) is 0.813. The molecule has 0 aromatic heterocycles. The van der Waals surface area contributed by atoms with E-state index in [1.54, 1.807) is 7.11 Å². The Hall–Kier alpha value is -1.97. The molecular weight excluding hydrogens is 254 g/mol. The topological polar surface area (TPSA) is 47.6 Å². The van der Waals surface area contributed by atoms with Crippen molar-refractivity contribution in [3.05, 3.63) is 36.4 Å². The lowest BCUT2D eigenvalue weighted by Crippen LogP contribution is -2.33. The van der Waals surface area contributed by atoms with Crippen molar-refractivity contribution < 1.29 is 14.3 Å². The molecule has 1 aromatic rings. The Morgan fingerprint density at radius 2 is 1.85 bits per heavy atom. The zero-order valence-corrected chi connectivity index (χ0v) is 12.7. The van der Waals surface area contributed by atoms with Gasteiger partial charge in [0.05, 0.1) is 7.11 Å². The van der Waals surface area contributed by atoms with Gasteiger partial charge in [0, 0.05) is 6.54 Å². The lowest BCUT2D eigenvalue weighted by molar-refractivity contribution is 0.0529. The first-order valence-electron chi connectivity index (χ1n) is 6.61. The predicted octanol–water partition coefficient (Wildman–Crippen LogP) is 3.62. The van der Waals surface area contributed by atoms with Gasteiger partial charge in [0.25, 0.3) is 0 Å². The number of nitrogens with one attached hydrogen (secondary N) is 1. The standard InChI is InChI=1S/C16H23NO3/c1-12(13-6-8-14(19-5)9-7-13)10-11-17-15(18)20-16(2,3)4/h6-9H,1,10-11H2,2-5H3,(H,17,18). The summed E-state index contributed by atoms with van der Waals surface area (Å²) >= 11 is 0. The minimum atomic E-state index is -0.475. The van der Waals surface area contributed by atoms with Gasteiger partial charge in [-0.3, -0.25) is 0 Å². The fraction of sp³-hybridized carbons (Fsp3) is 0.438. The van der Waals surface area contributed by atoms with Crippen LogP contribution in [-0.2, 0) is 4.74 Å². The summed E-state index contributed by atoms with van der Waals surface area (Å²) in [7, 11) is 1.63. The molecule has 4 nitrogen and oxygen atoms in total. The Bertz CT molecular complexity index is 458. The molecule has 1 rings (SSSR count). The highest BCUT2D eigenvalue weighted by Crippen LogP contribution is 2.19. The smallest absolute Gasteiger partial charge is 0.407 e. The molecule has 0 aliphatic rings. The van der Waals surface area contributed by atoms with Crippen molar-refractivity contribution in [3.63, 3.8) is 0 Å². The normalized spacial score (nSPS) is 10.8. The van der Waals surface area contributed by atoms with Crippen molar-refractivity contribution in [1.29, 1.82) is 0 Å². The van der Waals surface area contributed by atoms with E-state index in [9.17, 15) is 4.79 Å². The molecule has 4 heteroatoms. The molecule has 0 heterocycles.